The number of carboxylic acids is 1. The van der Waals surface area contributed by atoms with Gasteiger partial charge in [-0.3, -0.25) is 9.59 Å². The predicted molar refractivity (Wildman–Crippen MR) is 53.2 cm³/mol. The molecule has 1 aliphatic heterocycles. The maximum absolute atomic E-state index is 11.7. The first kappa shape index (κ1) is 12.0. The minimum absolute atomic E-state index is 0.226. The van der Waals surface area contributed by atoms with Crippen molar-refractivity contribution in [1.29, 1.82) is 0 Å². The van der Waals surface area contributed by atoms with Crippen molar-refractivity contribution in [2.75, 3.05) is 13.1 Å². The number of aliphatic carboxylic acids is 1. The lowest BCUT2D eigenvalue weighted by atomic mass is 9.94. The number of hydrogen-bond acceptors (Lipinski definition) is 3. The predicted octanol–water partition coefficient (Wildman–Crippen LogP) is 0.0805. The fourth-order valence-electron chi connectivity index (χ4n) is 1.79. The van der Waals surface area contributed by atoms with Crippen molar-refractivity contribution in [3.05, 3.63) is 0 Å². The van der Waals surface area contributed by atoms with Crippen molar-refractivity contribution >= 4 is 11.9 Å². The number of carbonyl (C=O) groups excluding carboxylic acids is 1. The molecular formula is C10H17NO4. The number of carbonyl (C=O) groups is 2. The first-order chi connectivity index (χ1) is 6.83. The van der Waals surface area contributed by atoms with Gasteiger partial charge in [0.25, 0.3) is 0 Å². The van der Waals surface area contributed by atoms with Crippen LogP contribution in [0.5, 0.6) is 0 Å². The quantitative estimate of drug-likeness (QED) is 0.639. The van der Waals surface area contributed by atoms with Crippen LogP contribution in [0.4, 0.5) is 0 Å². The van der Waals surface area contributed by atoms with Crippen LogP contribution >= 0.6 is 0 Å². The fourth-order valence-corrected chi connectivity index (χ4v) is 1.79. The topological polar surface area (TPSA) is 77.8 Å². The molecule has 0 aliphatic carbocycles. The van der Waals surface area contributed by atoms with Crippen LogP contribution in [0.2, 0.25) is 0 Å². The molecule has 1 heterocycles. The molecule has 0 radical (unpaired) electrons. The van der Waals surface area contributed by atoms with E-state index in [1.165, 1.54) is 11.8 Å². The van der Waals surface area contributed by atoms with Crippen LogP contribution in [0, 0.1) is 5.92 Å². The number of amides is 1. The monoisotopic (exact) mass is 215 g/mol. The van der Waals surface area contributed by atoms with Crippen molar-refractivity contribution in [1.82, 2.24) is 4.90 Å². The maximum Gasteiger partial charge on any atom is 0.315 e. The first-order valence-electron chi connectivity index (χ1n) is 5.07. The Morgan fingerprint density at radius 2 is 2.07 bits per heavy atom. The summed E-state index contributed by atoms with van der Waals surface area (Å²) >= 11 is 0. The van der Waals surface area contributed by atoms with E-state index in [2.05, 4.69) is 0 Å². The van der Waals surface area contributed by atoms with Gasteiger partial charge in [-0.2, -0.15) is 0 Å². The van der Waals surface area contributed by atoms with Gasteiger partial charge in [0.2, 0.25) is 5.91 Å². The normalized spacial score (nSPS) is 28.6. The molecule has 2 atom stereocenters. The van der Waals surface area contributed by atoms with Crippen molar-refractivity contribution in [3.8, 4) is 0 Å². The van der Waals surface area contributed by atoms with Gasteiger partial charge in [0.15, 0.2) is 0 Å². The number of β-amino-alcohol motifs (C(OH)–C–C–N with tert-alkyl or cyclic N) is 1. The van der Waals surface area contributed by atoms with Crippen LogP contribution in [0.25, 0.3) is 0 Å². The van der Waals surface area contributed by atoms with Gasteiger partial charge in [0.05, 0.1) is 5.60 Å². The number of piperidine rings is 1. The molecule has 1 rings (SSSR count). The Balaban J connectivity index is 2.64. The molecule has 5 heteroatoms. The molecule has 1 aliphatic rings. The van der Waals surface area contributed by atoms with Gasteiger partial charge in [-0.05, 0) is 26.7 Å². The van der Waals surface area contributed by atoms with Crippen molar-refractivity contribution in [2.45, 2.75) is 32.3 Å². The third-order valence-corrected chi connectivity index (χ3v) is 2.73. The van der Waals surface area contributed by atoms with Gasteiger partial charge in [-0.25, -0.2) is 0 Å². The van der Waals surface area contributed by atoms with E-state index in [1.807, 2.05) is 0 Å². The number of nitrogens with zero attached hydrogens (tertiary/aromatic N) is 1. The molecule has 86 valence electrons. The number of likely N-dealkylation sites (tertiary alicyclic amines) is 1. The molecule has 1 amide bonds. The lowest BCUT2D eigenvalue weighted by Gasteiger charge is -2.37. The summed E-state index contributed by atoms with van der Waals surface area (Å²) in [7, 11) is 0. The van der Waals surface area contributed by atoms with Crippen LogP contribution in [0.15, 0.2) is 0 Å². The first-order valence-corrected chi connectivity index (χ1v) is 5.07. The minimum atomic E-state index is -1.12. The summed E-state index contributed by atoms with van der Waals surface area (Å²) in [5.41, 5.74) is -0.883. The third-order valence-electron chi connectivity index (χ3n) is 2.73. The Kier molecular flexibility index (Phi) is 3.34. The molecule has 0 saturated carbocycles. The van der Waals surface area contributed by atoms with Crippen molar-refractivity contribution < 1.29 is 19.8 Å². The van der Waals surface area contributed by atoms with Gasteiger partial charge in [0.1, 0.15) is 5.92 Å². The van der Waals surface area contributed by atoms with Crippen LogP contribution in [0.3, 0.4) is 0 Å². The summed E-state index contributed by atoms with van der Waals surface area (Å²) in [4.78, 5) is 23.7. The minimum Gasteiger partial charge on any atom is -0.481 e. The molecule has 0 aromatic heterocycles. The summed E-state index contributed by atoms with van der Waals surface area (Å²) in [6.45, 7) is 3.79. The van der Waals surface area contributed by atoms with E-state index in [0.717, 1.165) is 0 Å². The van der Waals surface area contributed by atoms with Crippen molar-refractivity contribution in [2.24, 2.45) is 5.92 Å². The van der Waals surface area contributed by atoms with E-state index < -0.39 is 23.4 Å². The zero-order valence-electron chi connectivity index (χ0n) is 9.06. The maximum atomic E-state index is 11.7. The second kappa shape index (κ2) is 4.18. The zero-order valence-corrected chi connectivity index (χ0v) is 9.06. The highest BCUT2D eigenvalue weighted by atomic mass is 16.4. The number of hydrogen-bond donors (Lipinski definition) is 2. The number of carboxylic acid groups (broad SMARTS) is 1. The molecule has 0 aromatic rings. The molecule has 1 saturated heterocycles. The highest BCUT2D eigenvalue weighted by Gasteiger charge is 2.34. The molecule has 1 fully saturated rings. The van der Waals surface area contributed by atoms with E-state index >= 15 is 0 Å². The smallest absolute Gasteiger partial charge is 0.315 e. The summed E-state index contributed by atoms with van der Waals surface area (Å²) in [6, 6.07) is 0. The lowest BCUT2D eigenvalue weighted by Crippen LogP contribution is -2.50. The number of aliphatic hydroxyl groups is 1. The van der Waals surface area contributed by atoms with E-state index in [1.54, 1.807) is 6.92 Å². The summed E-state index contributed by atoms with van der Waals surface area (Å²) in [5, 5.41) is 18.5. The van der Waals surface area contributed by atoms with Crippen molar-refractivity contribution in [3.63, 3.8) is 0 Å². The lowest BCUT2D eigenvalue weighted by molar-refractivity contribution is -0.153. The van der Waals surface area contributed by atoms with Gasteiger partial charge >= 0.3 is 5.97 Å². The summed E-state index contributed by atoms with van der Waals surface area (Å²) < 4.78 is 0. The molecule has 15 heavy (non-hydrogen) atoms. The Labute approximate surface area is 88.7 Å². The van der Waals surface area contributed by atoms with E-state index in [9.17, 15) is 14.7 Å². The van der Waals surface area contributed by atoms with Gasteiger partial charge in [0, 0.05) is 13.1 Å². The van der Waals surface area contributed by atoms with Gasteiger partial charge in [-0.15, -0.1) is 0 Å². The largest absolute Gasteiger partial charge is 0.481 e. The molecule has 5 nitrogen and oxygen atoms in total. The van der Waals surface area contributed by atoms with Crippen LogP contribution in [-0.4, -0.2) is 45.7 Å². The average Bonchev–Trinajstić information content (AvgIpc) is 2.13. The van der Waals surface area contributed by atoms with E-state index in [0.29, 0.717) is 19.4 Å². The SMILES string of the molecule is CC(C(=O)O)C(=O)N1CCCC(C)(O)C1. The van der Waals surface area contributed by atoms with E-state index in [-0.39, 0.29) is 6.54 Å². The Morgan fingerprint density at radius 3 is 2.53 bits per heavy atom. The molecule has 2 unspecified atom stereocenters. The summed E-state index contributed by atoms with van der Waals surface area (Å²) in [5.74, 6) is -2.56. The van der Waals surface area contributed by atoms with Gasteiger partial charge < -0.3 is 15.1 Å². The van der Waals surface area contributed by atoms with Crippen LogP contribution in [0.1, 0.15) is 26.7 Å². The highest BCUT2D eigenvalue weighted by Crippen LogP contribution is 2.21. The van der Waals surface area contributed by atoms with Gasteiger partial charge in [-0.1, -0.05) is 0 Å². The zero-order chi connectivity index (χ0) is 11.6. The van der Waals surface area contributed by atoms with Crippen LogP contribution < -0.4 is 0 Å². The molecule has 2 N–H and O–H groups in total. The second-order valence-electron chi connectivity index (χ2n) is 4.42. The average molecular weight is 215 g/mol. The fraction of sp³-hybridized carbons (Fsp3) is 0.800. The van der Waals surface area contributed by atoms with Crippen LogP contribution in [-0.2, 0) is 9.59 Å². The molecule has 0 spiro atoms. The Hall–Kier alpha value is -1.10. The standard InChI is InChI=1S/C10H17NO4/c1-7(9(13)14)8(12)11-5-3-4-10(2,15)6-11/h7,15H,3-6H2,1-2H3,(H,13,14). The Morgan fingerprint density at radius 1 is 1.47 bits per heavy atom. The number of rotatable bonds is 2. The summed E-state index contributed by atoms with van der Waals surface area (Å²) in [6.07, 6.45) is 1.36. The molecule has 0 bridgehead atoms. The second-order valence-corrected chi connectivity index (χ2v) is 4.42. The Bertz CT molecular complexity index is 275. The molecule has 0 aromatic carbocycles. The third kappa shape index (κ3) is 2.92. The molecular weight excluding hydrogens is 198 g/mol. The highest BCUT2D eigenvalue weighted by molar-refractivity contribution is 5.96. The van der Waals surface area contributed by atoms with E-state index in [4.69, 9.17) is 5.11 Å².